The second-order valence-corrected chi connectivity index (χ2v) is 5.39. The summed E-state index contributed by atoms with van der Waals surface area (Å²) in [4.78, 5) is 11.5. The summed E-state index contributed by atoms with van der Waals surface area (Å²) < 4.78 is 1.78. The van der Waals surface area contributed by atoms with Crippen molar-refractivity contribution < 1.29 is 0 Å². The van der Waals surface area contributed by atoms with Gasteiger partial charge in [-0.1, -0.05) is 6.07 Å². The van der Waals surface area contributed by atoms with Crippen LogP contribution in [0, 0.1) is 11.8 Å². The number of pyridine rings is 1. The monoisotopic (exact) mass is 232 g/mol. The quantitative estimate of drug-likeness (QED) is 0.809. The minimum absolute atomic E-state index is 0.101. The van der Waals surface area contributed by atoms with Crippen LogP contribution in [0.2, 0.25) is 0 Å². The highest BCUT2D eigenvalue weighted by molar-refractivity contribution is 4.97. The van der Waals surface area contributed by atoms with Gasteiger partial charge in [-0.15, -0.1) is 0 Å². The maximum absolute atomic E-state index is 11.5. The third kappa shape index (κ3) is 2.78. The van der Waals surface area contributed by atoms with Crippen LogP contribution in [-0.2, 0) is 6.54 Å². The fraction of sp³-hybridized carbons (Fsp3) is 0.643. The summed E-state index contributed by atoms with van der Waals surface area (Å²) in [5.41, 5.74) is 0.101. The fourth-order valence-electron chi connectivity index (χ4n) is 2.63. The normalized spacial score (nSPS) is 19.8. The van der Waals surface area contributed by atoms with Gasteiger partial charge in [0.2, 0.25) is 0 Å². The van der Waals surface area contributed by atoms with Crippen molar-refractivity contribution in [2.24, 2.45) is 11.8 Å². The maximum Gasteiger partial charge on any atom is 0.250 e. The molecular weight excluding hydrogens is 212 g/mol. The molecule has 2 aliphatic carbocycles. The first-order chi connectivity index (χ1) is 8.34. The Balaban J connectivity index is 1.51. The van der Waals surface area contributed by atoms with Gasteiger partial charge in [0.05, 0.1) is 0 Å². The average Bonchev–Trinajstić information content (AvgIpc) is 3.18. The fourth-order valence-corrected chi connectivity index (χ4v) is 2.63. The molecule has 2 aliphatic rings. The van der Waals surface area contributed by atoms with Crippen molar-refractivity contribution in [3.8, 4) is 0 Å². The van der Waals surface area contributed by atoms with E-state index in [-0.39, 0.29) is 5.56 Å². The highest BCUT2D eigenvalue weighted by Gasteiger charge is 2.40. The average molecular weight is 232 g/mol. The van der Waals surface area contributed by atoms with E-state index in [1.807, 2.05) is 12.3 Å². The molecular formula is C14H20N2O. The zero-order valence-corrected chi connectivity index (χ0v) is 10.1. The third-order valence-electron chi connectivity index (χ3n) is 3.89. The predicted molar refractivity (Wildman–Crippen MR) is 67.9 cm³/mol. The zero-order valence-electron chi connectivity index (χ0n) is 10.1. The SMILES string of the molecule is O=c1ccccn1CCNC(C1CC1)C1CC1. The van der Waals surface area contributed by atoms with Gasteiger partial charge in [-0.25, -0.2) is 0 Å². The van der Waals surface area contributed by atoms with Crippen LogP contribution in [-0.4, -0.2) is 17.2 Å². The molecule has 1 heterocycles. The Labute approximate surface area is 102 Å². The standard InChI is InChI=1S/C14H20N2O/c17-13-3-1-2-9-16(13)10-8-15-14(11-4-5-11)12-6-7-12/h1-3,9,11-12,14-15H,4-8,10H2. The molecule has 0 radical (unpaired) electrons. The highest BCUT2D eigenvalue weighted by Crippen LogP contribution is 2.44. The lowest BCUT2D eigenvalue weighted by Crippen LogP contribution is -2.36. The molecule has 92 valence electrons. The Hall–Kier alpha value is -1.09. The molecule has 3 nitrogen and oxygen atoms in total. The predicted octanol–water partition coefficient (Wildman–Crippen LogP) is 1.63. The van der Waals surface area contributed by atoms with Gasteiger partial charge < -0.3 is 9.88 Å². The summed E-state index contributed by atoms with van der Waals surface area (Å²) in [6.07, 6.45) is 7.48. The number of aromatic nitrogens is 1. The molecule has 0 saturated heterocycles. The number of rotatable bonds is 6. The molecule has 0 bridgehead atoms. The summed E-state index contributed by atoms with van der Waals surface area (Å²) in [5, 5.41) is 3.66. The summed E-state index contributed by atoms with van der Waals surface area (Å²) >= 11 is 0. The summed E-state index contributed by atoms with van der Waals surface area (Å²) in [6.45, 7) is 1.71. The molecule has 0 aliphatic heterocycles. The molecule has 1 aromatic rings. The molecule has 0 spiro atoms. The van der Waals surface area contributed by atoms with Crippen LogP contribution >= 0.6 is 0 Å². The largest absolute Gasteiger partial charge is 0.314 e. The van der Waals surface area contributed by atoms with E-state index < -0.39 is 0 Å². The van der Waals surface area contributed by atoms with Crippen LogP contribution in [0.25, 0.3) is 0 Å². The topological polar surface area (TPSA) is 34.0 Å². The Kier molecular flexibility index (Phi) is 3.02. The lowest BCUT2D eigenvalue weighted by molar-refractivity contribution is 0.405. The van der Waals surface area contributed by atoms with E-state index in [1.54, 1.807) is 16.7 Å². The number of hydrogen-bond acceptors (Lipinski definition) is 2. The van der Waals surface area contributed by atoms with Crippen LogP contribution in [0.4, 0.5) is 0 Å². The Morgan fingerprint density at radius 2 is 1.94 bits per heavy atom. The van der Waals surface area contributed by atoms with Crippen LogP contribution in [0.5, 0.6) is 0 Å². The first-order valence-electron chi connectivity index (χ1n) is 6.73. The van der Waals surface area contributed by atoms with Crippen molar-refractivity contribution in [2.75, 3.05) is 6.54 Å². The van der Waals surface area contributed by atoms with E-state index in [4.69, 9.17) is 0 Å². The van der Waals surface area contributed by atoms with Crippen molar-refractivity contribution in [3.63, 3.8) is 0 Å². The van der Waals surface area contributed by atoms with Crippen molar-refractivity contribution in [1.29, 1.82) is 0 Å². The molecule has 3 heteroatoms. The molecule has 0 atom stereocenters. The van der Waals surface area contributed by atoms with Gasteiger partial charge in [-0.2, -0.15) is 0 Å². The Morgan fingerprint density at radius 3 is 2.53 bits per heavy atom. The molecule has 1 N–H and O–H groups in total. The number of nitrogens with zero attached hydrogens (tertiary/aromatic N) is 1. The molecule has 0 aromatic carbocycles. The molecule has 2 fully saturated rings. The summed E-state index contributed by atoms with van der Waals surface area (Å²) in [6, 6.07) is 6.07. The smallest absolute Gasteiger partial charge is 0.250 e. The molecule has 17 heavy (non-hydrogen) atoms. The second kappa shape index (κ2) is 4.65. The van der Waals surface area contributed by atoms with E-state index in [0.717, 1.165) is 31.0 Å². The molecule has 2 saturated carbocycles. The van der Waals surface area contributed by atoms with Gasteiger partial charge in [0.1, 0.15) is 0 Å². The van der Waals surface area contributed by atoms with Crippen LogP contribution in [0.3, 0.4) is 0 Å². The van der Waals surface area contributed by atoms with E-state index in [2.05, 4.69) is 5.32 Å². The summed E-state index contributed by atoms with van der Waals surface area (Å²) in [5.74, 6) is 1.85. The van der Waals surface area contributed by atoms with Crippen molar-refractivity contribution in [2.45, 2.75) is 38.3 Å². The highest BCUT2D eigenvalue weighted by atomic mass is 16.1. The molecule has 1 aromatic heterocycles. The van der Waals surface area contributed by atoms with Gasteiger partial charge in [0.15, 0.2) is 0 Å². The van der Waals surface area contributed by atoms with E-state index in [9.17, 15) is 4.79 Å². The Morgan fingerprint density at radius 1 is 1.24 bits per heavy atom. The van der Waals surface area contributed by atoms with E-state index >= 15 is 0 Å². The van der Waals surface area contributed by atoms with Gasteiger partial charge >= 0.3 is 0 Å². The minimum Gasteiger partial charge on any atom is -0.314 e. The van der Waals surface area contributed by atoms with Crippen LogP contribution in [0.15, 0.2) is 29.2 Å². The Bertz CT molecular complexity index is 420. The molecule has 0 amide bonds. The summed E-state index contributed by atoms with van der Waals surface area (Å²) in [7, 11) is 0. The van der Waals surface area contributed by atoms with Crippen molar-refractivity contribution in [1.82, 2.24) is 9.88 Å². The van der Waals surface area contributed by atoms with Crippen LogP contribution in [0.1, 0.15) is 25.7 Å². The van der Waals surface area contributed by atoms with Gasteiger partial charge in [0, 0.05) is 31.4 Å². The van der Waals surface area contributed by atoms with Gasteiger partial charge in [-0.05, 0) is 43.6 Å². The van der Waals surface area contributed by atoms with Gasteiger partial charge in [-0.3, -0.25) is 4.79 Å². The first kappa shape index (κ1) is 11.0. The van der Waals surface area contributed by atoms with Crippen molar-refractivity contribution >= 4 is 0 Å². The molecule has 3 rings (SSSR count). The van der Waals surface area contributed by atoms with Crippen molar-refractivity contribution in [3.05, 3.63) is 34.7 Å². The van der Waals surface area contributed by atoms with Crippen LogP contribution < -0.4 is 10.9 Å². The zero-order chi connectivity index (χ0) is 11.7. The van der Waals surface area contributed by atoms with Gasteiger partial charge in [0.25, 0.3) is 5.56 Å². The number of nitrogens with one attached hydrogen (secondary N) is 1. The second-order valence-electron chi connectivity index (χ2n) is 5.39. The number of hydrogen-bond donors (Lipinski definition) is 1. The molecule has 0 unspecified atom stereocenters. The minimum atomic E-state index is 0.101. The lowest BCUT2D eigenvalue weighted by Gasteiger charge is -2.17. The van der Waals surface area contributed by atoms with E-state index in [1.165, 1.54) is 25.7 Å². The lowest BCUT2D eigenvalue weighted by atomic mass is 10.1. The maximum atomic E-state index is 11.5. The van der Waals surface area contributed by atoms with E-state index in [0.29, 0.717) is 0 Å². The first-order valence-corrected chi connectivity index (χ1v) is 6.73. The third-order valence-corrected chi connectivity index (χ3v) is 3.89.